The molecule has 30 heavy (non-hydrogen) atoms. The van der Waals surface area contributed by atoms with Gasteiger partial charge in [0.1, 0.15) is 0 Å². The number of nitrogens with one attached hydrogen (secondary N) is 1. The lowest BCUT2D eigenvalue weighted by molar-refractivity contribution is -0.138. The number of morpholine rings is 1. The zero-order valence-electron chi connectivity index (χ0n) is 17.2. The summed E-state index contributed by atoms with van der Waals surface area (Å²) < 4.78 is 47.8. The van der Waals surface area contributed by atoms with Crippen molar-refractivity contribution in [2.45, 2.75) is 26.6 Å². The van der Waals surface area contributed by atoms with Gasteiger partial charge in [0.05, 0.1) is 24.5 Å². The standard InChI is InChI=1S/C21H25F3N4O2/c1-14-18(15(2)27(3)26-14)6-7-20(29)25-13-16-4-5-17(12-19(16)21(22,23)24)28-8-10-30-11-9-28/h4-7,12H,8-11,13H2,1-3H3,(H,25,29). The van der Waals surface area contributed by atoms with Crippen LogP contribution in [0, 0.1) is 13.8 Å². The summed E-state index contributed by atoms with van der Waals surface area (Å²) >= 11 is 0. The molecule has 0 radical (unpaired) electrons. The molecule has 1 saturated heterocycles. The van der Waals surface area contributed by atoms with Crippen molar-refractivity contribution < 1.29 is 22.7 Å². The lowest BCUT2D eigenvalue weighted by atomic mass is 10.0. The molecule has 0 bridgehead atoms. The molecule has 2 aromatic rings. The van der Waals surface area contributed by atoms with Crippen molar-refractivity contribution in [3.05, 3.63) is 52.4 Å². The van der Waals surface area contributed by atoms with Crippen LogP contribution in [0.25, 0.3) is 6.08 Å². The first kappa shape index (κ1) is 21.9. The van der Waals surface area contributed by atoms with E-state index in [-0.39, 0.29) is 12.1 Å². The predicted octanol–water partition coefficient (Wildman–Crippen LogP) is 3.22. The maximum atomic E-state index is 13.6. The highest BCUT2D eigenvalue weighted by Gasteiger charge is 2.34. The SMILES string of the molecule is Cc1nn(C)c(C)c1C=CC(=O)NCc1ccc(N2CCOCC2)cc1C(F)(F)F. The van der Waals surface area contributed by atoms with Crippen LogP contribution in [0.15, 0.2) is 24.3 Å². The molecule has 1 N–H and O–H groups in total. The quantitative estimate of drug-likeness (QED) is 0.752. The average Bonchev–Trinajstić information content (AvgIpc) is 2.96. The number of ether oxygens (including phenoxy) is 1. The summed E-state index contributed by atoms with van der Waals surface area (Å²) in [5, 5.41) is 6.80. The second kappa shape index (κ2) is 8.91. The highest BCUT2D eigenvalue weighted by atomic mass is 19.4. The minimum atomic E-state index is -4.51. The van der Waals surface area contributed by atoms with Crippen LogP contribution in [0.4, 0.5) is 18.9 Å². The number of nitrogens with zero attached hydrogens (tertiary/aromatic N) is 3. The van der Waals surface area contributed by atoms with Gasteiger partial charge in [-0.15, -0.1) is 0 Å². The molecule has 162 valence electrons. The van der Waals surface area contributed by atoms with E-state index >= 15 is 0 Å². The van der Waals surface area contributed by atoms with Crippen molar-refractivity contribution in [2.75, 3.05) is 31.2 Å². The minimum Gasteiger partial charge on any atom is -0.378 e. The van der Waals surface area contributed by atoms with Crippen LogP contribution in [-0.2, 0) is 29.3 Å². The molecule has 0 saturated carbocycles. The van der Waals surface area contributed by atoms with Gasteiger partial charge in [0.15, 0.2) is 0 Å². The molecule has 2 heterocycles. The highest BCUT2D eigenvalue weighted by molar-refractivity contribution is 5.92. The van der Waals surface area contributed by atoms with Crippen LogP contribution in [0.3, 0.4) is 0 Å². The fourth-order valence-corrected chi connectivity index (χ4v) is 3.43. The first-order chi connectivity index (χ1) is 14.2. The summed E-state index contributed by atoms with van der Waals surface area (Å²) in [4.78, 5) is 14.0. The van der Waals surface area contributed by atoms with Gasteiger partial charge in [0.25, 0.3) is 0 Å². The average molecular weight is 422 g/mol. The minimum absolute atomic E-state index is 0.0231. The van der Waals surface area contributed by atoms with E-state index in [2.05, 4.69) is 10.4 Å². The molecule has 1 aromatic carbocycles. The zero-order valence-corrected chi connectivity index (χ0v) is 17.2. The molecule has 0 atom stereocenters. The van der Waals surface area contributed by atoms with Gasteiger partial charge in [0, 0.05) is 49.7 Å². The number of hydrogen-bond donors (Lipinski definition) is 1. The molecule has 9 heteroatoms. The van der Waals surface area contributed by atoms with Crippen molar-refractivity contribution in [2.24, 2.45) is 7.05 Å². The molecule has 0 spiro atoms. The smallest absolute Gasteiger partial charge is 0.378 e. The van der Waals surface area contributed by atoms with Gasteiger partial charge in [-0.3, -0.25) is 9.48 Å². The Hall–Kier alpha value is -2.81. The monoisotopic (exact) mass is 422 g/mol. The molecule has 1 aliphatic rings. The van der Waals surface area contributed by atoms with Crippen LogP contribution in [0.5, 0.6) is 0 Å². The molecule has 1 fully saturated rings. The summed E-state index contributed by atoms with van der Waals surface area (Å²) in [5.41, 5.74) is 2.28. The number of hydrogen-bond acceptors (Lipinski definition) is 4. The number of alkyl halides is 3. The van der Waals surface area contributed by atoms with E-state index in [9.17, 15) is 18.0 Å². The number of carbonyl (C=O) groups excluding carboxylic acids is 1. The molecule has 1 aromatic heterocycles. The lowest BCUT2D eigenvalue weighted by Gasteiger charge is -2.29. The summed E-state index contributed by atoms with van der Waals surface area (Å²) in [6.45, 7) is 5.56. The molecule has 1 amide bonds. The second-order valence-corrected chi connectivity index (χ2v) is 7.20. The molecule has 1 aliphatic heterocycles. The summed E-state index contributed by atoms with van der Waals surface area (Å²) in [7, 11) is 1.80. The Morgan fingerprint density at radius 1 is 1.27 bits per heavy atom. The normalized spacial score (nSPS) is 15.1. The van der Waals surface area contributed by atoms with Crippen molar-refractivity contribution in [3.8, 4) is 0 Å². The number of rotatable bonds is 5. The number of aryl methyl sites for hydroxylation is 2. The maximum absolute atomic E-state index is 13.6. The Labute approximate surface area is 173 Å². The van der Waals surface area contributed by atoms with E-state index in [1.165, 1.54) is 12.1 Å². The number of carbonyl (C=O) groups is 1. The maximum Gasteiger partial charge on any atom is 0.416 e. The molecular weight excluding hydrogens is 397 g/mol. The Balaban J connectivity index is 1.72. The third-order valence-corrected chi connectivity index (χ3v) is 5.19. The zero-order chi connectivity index (χ0) is 21.9. The molecule has 3 rings (SSSR count). The van der Waals surface area contributed by atoms with E-state index in [1.54, 1.807) is 23.9 Å². The fraction of sp³-hybridized carbons (Fsp3) is 0.429. The number of aromatic nitrogens is 2. The van der Waals surface area contributed by atoms with Gasteiger partial charge in [-0.25, -0.2) is 0 Å². The van der Waals surface area contributed by atoms with E-state index in [1.807, 2.05) is 18.7 Å². The number of benzene rings is 1. The third kappa shape index (κ3) is 5.02. The fourth-order valence-electron chi connectivity index (χ4n) is 3.43. The summed E-state index contributed by atoms with van der Waals surface area (Å²) in [5.74, 6) is -0.469. The Bertz CT molecular complexity index is 944. The summed E-state index contributed by atoms with van der Waals surface area (Å²) in [6.07, 6.45) is -1.58. The van der Waals surface area contributed by atoms with Gasteiger partial charge in [-0.05, 0) is 37.6 Å². The molecule has 0 unspecified atom stereocenters. The van der Waals surface area contributed by atoms with E-state index < -0.39 is 17.6 Å². The Kier molecular flexibility index (Phi) is 6.50. The number of anilines is 1. The van der Waals surface area contributed by atoms with E-state index in [0.717, 1.165) is 23.0 Å². The number of amides is 1. The Morgan fingerprint density at radius 2 is 1.97 bits per heavy atom. The van der Waals surface area contributed by atoms with Crippen molar-refractivity contribution >= 4 is 17.7 Å². The van der Waals surface area contributed by atoms with Gasteiger partial charge in [-0.2, -0.15) is 18.3 Å². The first-order valence-corrected chi connectivity index (χ1v) is 9.65. The van der Waals surface area contributed by atoms with Crippen LogP contribution in [-0.4, -0.2) is 42.0 Å². The number of halogens is 3. The highest BCUT2D eigenvalue weighted by Crippen LogP contribution is 2.35. The van der Waals surface area contributed by atoms with Gasteiger partial charge >= 0.3 is 6.18 Å². The topological polar surface area (TPSA) is 59.4 Å². The van der Waals surface area contributed by atoms with Gasteiger partial charge < -0.3 is 15.0 Å². The summed E-state index contributed by atoms with van der Waals surface area (Å²) in [6, 6.07) is 4.22. The van der Waals surface area contributed by atoms with Gasteiger partial charge in [0.2, 0.25) is 5.91 Å². The van der Waals surface area contributed by atoms with Crippen molar-refractivity contribution in [1.29, 1.82) is 0 Å². The largest absolute Gasteiger partial charge is 0.416 e. The molecular formula is C21H25F3N4O2. The lowest BCUT2D eigenvalue weighted by Crippen LogP contribution is -2.36. The second-order valence-electron chi connectivity index (χ2n) is 7.20. The van der Waals surface area contributed by atoms with Crippen LogP contribution >= 0.6 is 0 Å². The molecule has 6 nitrogen and oxygen atoms in total. The van der Waals surface area contributed by atoms with E-state index in [0.29, 0.717) is 32.0 Å². The molecule has 0 aliphatic carbocycles. The van der Waals surface area contributed by atoms with Crippen LogP contribution < -0.4 is 10.2 Å². The van der Waals surface area contributed by atoms with E-state index in [4.69, 9.17) is 4.74 Å². The Morgan fingerprint density at radius 3 is 2.57 bits per heavy atom. The van der Waals surface area contributed by atoms with Crippen LogP contribution in [0.1, 0.15) is 28.1 Å². The van der Waals surface area contributed by atoms with Crippen LogP contribution in [0.2, 0.25) is 0 Å². The predicted molar refractivity (Wildman–Crippen MR) is 108 cm³/mol. The first-order valence-electron chi connectivity index (χ1n) is 9.65. The van der Waals surface area contributed by atoms with Crippen molar-refractivity contribution in [3.63, 3.8) is 0 Å². The third-order valence-electron chi connectivity index (χ3n) is 5.19. The van der Waals surface area contributed by atoms with Gasteiger partial charge in [-0.1, -0.05) is 6.07 Å². The van der Waals surface area contributed by atoms with Crippen molar-refractivity contribution in [1.82, 2.24) is 15.1 Å².